The Morgan fingerprint density at radius 2 is 1.65 bits per heavy atom. The third-order valence-corrected chi connectivity index (χ3v) is 5.77. The van der Waals surface area contributed by atoms with Gasteiger partial charge in [0.25, 0.3) is 11.7 Å². The molecule has 6 nitrogen and oxygen atoms in total. The number of carbonyl (C=O) groups excluding carboxylic acids is 2. The molecule has 0 aromatic heterocycles. The van der Waals surface area contributed by atoms with Crippen LogP contribution in [0.2, 0.25) is 0 Å². The predicted molar refractivity (Wildman–Crippen MR) is 130 cm³/mol. The molecule has 3 aromatic carbocycles. The van der Waals surface area contributed by atoms with Gasteiger partial charge in [-0.15, -0.1) is 0 Å². The zero-order valence-electron chi connectivity index (χ0n) is 19.2. The average Bonchev–Trinajstić information content (AvgIpc) is 3.10. The van der Waals surface area contributed by atoms with Crippen LogP contribution in [-0.4, -0.2) is 42.0 Å². The second-order valence-electron chi connectivity index (χ2n) is 8.19. The lowest BCUT2D eigenvalue weighted by Crippen LogP contribution is -2.31. The van der Waals surface area contributed by atoms with E-state index in [0.29, 0.717) is 42.2 Å². The Labute approximate surface area is 199 Å². The summed E-state index contributed by atoms with van der Waals surface area (Å²) in [7, 11) is 1.59. The lowest BCUT2D eigenvalue weighted by molar-refractivity contribution is -0.140. The van der Waals surface area contributed by atoms with E-state index in [0.717, 1.165) is 5.56 Å². The number of benzene rings is 3. The van der Waals surface area contributed by atoms with Crippen molar-refractivity contribution in [1.29, 1.82) is 0 Å². The molecule has 3 aromatic rings. The van der Waals surface area contributed by atoms with Gasteiger partial charge in [-0.05, 0) is 43.2 Å². The quantitative estimate of drug-likeness (QED) is 0.217. The van der Waals surface area contributed by atoms with E-state index in [1.54, 1.807) is 25.3 Å². The summed E-state index contributed by atoms with van der Waals surface area (Å²) in [5.41, 5.74) is 2.27. The van der Waals surface area contributed by atoms with E-state index < -0.39 is 17.7 Å². The Morgan fingerprint density at radius 1 is 0.941 bits per heavy atom. The topological polar surface area (TPSA) is 76.1 Å². The zero-order valence-corrected chi connectivity index (χ0v) is 19.2. The highest BCUT2D eigenvalue weighted by molar-refractivity contribution is 6.46. The molecule has 1 heterocycles. The Balaban J connectivity index is 1.78. The van der Waals surface area contributed by atoms with Gasteiger partial charge in [-0.2, -0.15) is 0 Å². The minimum absolute atomic E-state index is 0.0723. The van der Waals surface area contributed by atoms with E-state index in [1.807, 2.05) is 67.6 Å². The largest absolute Gasteiger partial charge is 0.507 e. The lowest BCUT2D eigenvalue weighted by atomic mass is 9.95. The standard InChI is InChI=1S/C28H27NO5/c1-19-12-14-20(15-13-19)26(30)24-25(29(16-7-17-33-2)28(32)27(24)31)21-8-6-11-23(18-21)34-22-9-4-3-5-10-22/h3-6,8-15,18,25,30H,7,16-17H2,1-2H3/b26-24+. The number of aliphatic hydroxyl groups is 1. The minimum atomic E-state index is -0.738. The SMILES string of the molecule is COCCCN1C(=O)C(=O)/C(=C(/O)c2ccc(C)cc2)C1c1cccc(Oc2ccccc2)c1. The van der Waals surface area contributed by atoms with Gasteiger partial charge in [0.15, 0.2) is 0 Å². The van der Waals surface area contributed by atoms with Gasteiger partial charge in [0.1, 0.15) is 17.3 Å². The van der Waals surface area contributed by atoms with Crippen molar-refractivity contribution in [1.82, 2.24) is 4.90 Å². The molecule has 0 aliphatic carbocycles. The number of ether oxygens (including phenoxy) is 2. The third kappa shape index (κ3) is 4.87. The van der Waals surface area contributed by atoms with Crippen LogP contribution in [0.15, 0.2) is 84.4 Å². The van der Waals surface area contributed by atoms with Crippen molar-refractivity contribution in [3.8, 4) is 11.5 Å². The van der Waals surface area contributed by atoms with Crippen LogP contribution in [0.3, 0.4) is 0 Å². The molecule has 1 aliphatic rings. The van der Waals surface area contributed by atoms with Gasteiger partial charge >= 0.3 is 0 Å². The van der Waals surface area contributed by atoms with Gasteiger partial charge < -0.3 is 19.5 Å². The van der Waals surface area contributed by atoms with E-state index in [4.69, 9.17) is 9.47 Å². The Kier molecular flexibility index (Phi) is 7.09. The number of likely N-dealkylation sites (tertiary alicyclic amines) is 1. The highest BCUT2D eigenvalue weighted by Crippen LogP contribution is 2.40. The zero-order chi connectivity index (χ0) is 24.1. The van der Waals surface area contributed by atoms with Crippen LogP contribution in [0.1, 0.15) is 29.2 Å². The molecule has 1 unspecified atom stereocenters. The van der Waals surface area contributed by atoms with Crippen LogP contribution in [-0.2, 0) is 14.3 Å². The Bertz CT molecular complexity index is 1200. The van der Waals surface area contributed by atoms with Crippen molar-refractivity contribution >= 4 is 17.4 Å². The summed E-state index contributed by atoms with van der Waals surface area (Å²) in [6.45, 7) is 2.71. The number of methoxy groups -OCH3 is 1. The molecule has 6 heteroatoms. The predicted octanol–water partition coefficient (Wildman–Crippen LogP) is 5.25. The number of hydrogen-bond acceptors (Lipinski definition) is 5. The van der Waals surface area contributed by atoms with Crippen molar-refractivity contribution in [3.63, 3.8) is 0 Å². The molecule has 1 amide bonds. The number of carbonyl (C=O) groups is 2. The molecule has 1 saturated heterocycles. The molecule has 174 valence electrons. The second kappa shape index (κ2) is 10.4. The number of nitrogens with zero attached hydrogens (tertiary/aromatic N) is 1. The summed E-state index contributed by atoms with van der Waals surface area (Å²) in [5.74, 6) is -0.277. The van der Waals surface area contributed by atoms with Gasteiger partial charge in [0.2, 0.25) is 0 Å². The molecule has 0 spiro atoms. The lowest BCUT2D eigenvalue weighted by Gasteiger charge is -2.25. The first-order chi connectivity index (χ1) is 16.5. The van der Waals surface area contributed by atoms with Crippen LogP contribution in [0.4, 0.5) is 0 Å². The number of aryl methyl sites for hydroxylation is 1. The maximum Gasteiger partial charge on any atom is 0.295 e. The molecule has 1 atom stereocenters. The molecule has 34 heavy (non-hydrogen) atoms. The molecular formula is C28H27NO5. The highest BCUT2D eigenvalue weighted by atomic mass is 16.5. The highest BCUT2D eigenvalue weighted by Gasteiger charge is 2.45. The van der Waals surface area contributed by atoms with E-state index >= 15 is 0 Å². The Morgan fingerprint density at radius 3 is 2.35 bits per heavy atom. The third-order valence-electron chi connectivity index (χ3n) is 5.77. The molecule has 1 fully saturated rings. The Hall–Kier alpha value is -3.90. The van der Waals surface area contributed by atoms with Crippen LogP contribution in [0, 0.1) is 6.92 Å². The fourth-order valence-electron chi connectivity index (χ4n) is 4.08. The van der Waals surface area contributed by atoms with Crippen LogP contribution < -0.4 is 4.74 Å². The van der Waals surface area contributed by atoms with Crippen molar-refractivity contribution < 1.29 is 24.2 Å². The van der Waals surface area contributed by atoms with E-state index in [2.05, 4.69) is 0 Å². The summed E-state index contributed by atoms with van der Waals surface area (Å²) >= 11 is 0. The van der Waals surface area contributed by atoms with Crippen LogP contribution in [0.25, 0.3) is 5.76 Å². The number of amides is 1. The smallest absolute Gasteiger partial charge is 0.295 e. The molecule has 4 rings (SSSR count). The van der Waals surface area contributed by atoms with Gasteiger partial charge in [-0.3, -0.25) is 9.59 Å². The van der Waals surface area contributed by atoms with E-state index in [-0.39, 0.29) is 11.3 Å². The first-order valence-corrected chi connectivity index (χ1v) is 11.2. The van der Waals surface area contributed by atoms with E-state index in [9.17, 15) is 14.7 Å². The summed E-state index contributed by atoms with van der Waals surface area (Å²) in [4.78, 5) is 27.6. The van der Waals surface area contributed by atoms with Crippen molar-refractivity contribution in [2.24, 2.45) is 0 Å². The second-order valence-corrected chi connectivity index (χ2v) is 8.19. The fourth-order valence-corrected chi connectivity index (χ4v) is 4.08. The number of para-hydroxylation sites is 1. The van der Waals surface area contributed by atoms with Gasteiger partial charge in [0, 0.05) is 25.8 Å². The first-order valence-electron chi connectivity index (χ1n) is 11.2. The summed E-state index contributed by atoms with van der Waals surface area (Å²) in [6, 6.07) is 23.1. The number of Topliss-reactive ketones (excluding diaryl/α,β-unsaturated/α-hetero) is 1. The molecule has 1 N–H and O–H groups in total. The number of hydrogen-bond donors (Lipinski definition) is 1. The molecule has 1 aliphatic heterocycles. The van der Waals surface area contributed by atoms with Crippen molar-refractivity contribution in [2.75, 3.05) is 20.3 Å². The maximum atomic E-state index is 13.1. The average molecular weight is 458 g/mol. The minimum Gasteiger partial charge on any atom is -0.507 e. The number of ketones is 1. The number of aliphatic hydroxyl groups excluding tert-OH is 1. The molecule has 0 saturated carbocycles. The number of rotatable bonds is 8. The molecule has 0 radical (unpaired) electrons. The maximum absolute atomic E-state index is 13.1. The van der Waals surface area contributed by atoms with Gasteiger partial charge in [-0.1, -0.05) is 60.2 Å². The van der Waals surface area contributed by atoms with Gasteiger partial charge in [-0.25, -0.2) is 0 Å². The van der Waals surface area contributed by atoms with Gasteiger partial charge in [0.05, 0.1) is 11.6 Å². The summed E-state index contributed by atoms with van der Waals surface area (Å²) in [6.07, 6.45) is 0.560. The van der Waals surface area contributed by atoms with Crippen molar-refractivity contribution in [3.05, 3.63) is 101 Å². The molecular weight excluding hydrogens is 430 g/mol. The molecule has 0 bridgehead atoms. The van der Waals surface area contributed by atoms with Crippen molar-refractivity contribution in [2.45, 2.75) is 19.4 Å². The van der Waals surface area contributed by atoms with Crippen LogP contribution in [0.5, 0.6) is 11.5 Å². The fraction of sp³-hybridized carbons (Fsp3) is 0.214. The van der Waals surface area contributed by atoms with Crippen LogP contribution >= 0.6 is 0 Å². The summed E-state index contributed by atoms with van der Waals surface area (Å²) in [5, 5.41) is 11.1. The first kappa shape index (κ1) is 23.3. The monoisotopic (exact) mass is 457 g/mol. The normalized spacial score (nSPS) is 17.2. The van der Waals surface area contributed by atoms with E-state index in [1.165, 1.54) is 4.90 Å². The summed E-state index contributed by atoms with van der Waals surface area (Å²) < 4.78 is 11.1.